The van der Waals surface area contributed by atoms with Crippen molar-refractivity contribution in [1.29, 1.82) is 0 Å². The first-order valence-electron chi connectivity index (χ1n) is 5.70. The topological polar surface area (TPSA) is 26.3 Å². The lowest BCUT2D eigenvalue weighted by atomic mass is 9.99. The van der Waals surface area contributed by atoms with Gasteiger partial charge in [0.25, 0.3) is 0 Å². The van der Waals surface area contributed by atoms with Crippen LogP contribution < -0.4 is 10.4 Å². The molecule has 1 aliphatic rings. The highest BCUT2D eigenvalue weighted by Crippen LogP contribution is 2.31. The van der Waals surface area contributed by atoms with Crippen molar-refractivity contribution in [3.8, 4) is 0 Å². The molecule has 2 rings (SSSR count). The molecule has 2 nitrogen and oxygen atoms in total. The molecule has 0 saturated carbocycles. The van der Waals surface area contributed by atoms with Gasteiger partial charge in [0, 0.05) is 0 Å². The second kappa shape index (κ2) is 4.53. The van der Waals surface area contributed by atoms with Crippen LogP contribution in [0.15, 0.2) is 24.3 Å². The maximum Gasteiger partial charge on any atom is 0.310 e. The van der Waals surface area contributed by atoms with E-state index in [9.17, 15) is 4.79 Å². The lowest BCUT2D eigenvalue weighted by molar-refractivity contribution is -0.141. The highest BCUT2D eigenvalue weighted by molar-refractivity contribution is 6.33. The summed E-state index contributed by atoms with van der Waals surface area (Å²) in [5.74, 6) is -0.223. The van der Waals surface area contributed by atoms with Crippen LogP contribution in [0.1, 0.15) is 20.3 Å². The first-order chi connectivity index (χ1) is 8.04. The molecule has 0 heterocycles. The lowest BCUT2D eigenvalue weighted by Crippen LogP contribution is -2.24. The van der Waals surface area contributed by atoms with Crippen molar-refractivity contribution in [2.24, 2.45) is 0 Å². The summed E-state index contributed by atoms with van der Waals surface area (Å²) in [7, 11) is 0. The van der Waals surface area contributed by atoms with E-state index in [-0.39, 0.29) is 12.4 Å². The number of carbonyl (C=O) groups is 1. The third kappa shape index (κ3) is 2.37. The van der Waals surface area contributed by atoms with Gasteiger partial charge >= 0.3 is 5.97 Å². The van der Waals surface area contributed by atoms with Crippen LogP contribution in [-0.2, 0) is 9.53 Å². The Hall–Kier alpha value is -1.28. The van der Waals surface area contributed by atoms with Crippen molar-refractivity contribution >= 4 is 29.2 Å². The van der Waals surface area contributed by atoms with Crippen molar-refractivity contribution in [3.63, 3.8) is 0 Å². The van der Waals surface area contributed by atoms with Crippen LogP contribution in [0.2, 0.25) is 0 Å². The van der Waals surface area contributed by atoms with E-state index in [2.05, 4.69) is 0 Å². The van der Waals surface area contributed by atoms with Gasteiger partial charge in [0.05, 0.1) is 17.9 Å². The molecule has 0 fully saturated rings. The van der Waals surface area contributed by atoms with Crippen LogP contribution in [0, 0.1) is 0 Å². The van der Waals surface area contributed by atoms with Gasteiger partial charge in [-0.25, -0.2) is 0 Å². The summed E-state index contributed by atoms with van der Waals surface area (Å²) < 4.78 is 4.98. The fourth-order valence-corrected chi connectivity index (χ4v) is 2.45. The second-order valence-electron chi connectivity index (χ2n) is 4.27. The smallest absolute Gasteiger partial charge is 0.310 e. The highest BCUT2D eigenvalue weighted by Gasteiger charge is 2.29. The Morgan fingerprint density at radius 2 is 2.12 bits per heavy atom. The van der Waals surface area contributed by atoms with E-state index in [1.807, 2.05) is 37.3 Å². The monoisotopic (exact) mass is 250 g/mol. The Labute approximate surface area is 106 Å². The normalized spacial score (nSPS) is 21.9. The van der Waals surface area contributed by atoms with E-state index in [0.717, 1.165) is 16.0 Å². The van der Waals surface area contributed by atoms with Gasteiger partial charge in [0.15, 0.2) is 0 Å². The zero-order valence-corrected chi connectivity index (χ0v) is 10.8. The lowest BCUT2D eigenvalue weighted by Gasteiger charge is -2.17. The highest BCUT2D eigenvalue weighted by atomic mass is 35.5. The number of fused-ring (bicyclic) bond motifs is 1. The van der Waals surface area contributed by atoms with Gasteiger partial charge in [0.1, 0.15) is 0 Å². The third-order valence-electron chi connectivity index (χ3n) is 2.93. The summed E-state index contributed by atoms with van der Waals surface area (Å²) in [5, 5.41) is 2.14. The number of benzene rings is 1. The molecular weight excluding hydrogens is 236 g/mol. The maximum absolute atomic E-state index is 11.6. The number of carbonyl (C=O) groups excluding carboxylic acids is 1. The predicted octanol–water partition coefficient (Wildman–Crippen LogP) is 1.58. The van der Waals surface area contributed by atoms with Gasteiger partial charge in [-0.05, 0) is 29.9 Å². The quantitative estimate of drug-likeness (QED) is 0.602. The van der Waals surface area contributed by atoms with Crippen LogP contribution in [-0.4, -0.2) is 17.5 Å². The molecule has 0 spiro atoms. The van der Waals surface area contributed by atoms with Crippen LogP contribution in [0.25, 0.3) is 11.6 Å². The standard InChI is InChI=1S/C14H15ClO2/c1-3-17-13(16)8-12-11-7-5-4-6-10(11)9-14(12,2)15/h4-7,9H,3,8H2,1-2H3. The maximum atomic E-state index is 11.6. The molecule has 3 heteroatoms. The summed E-state index contributed by atoms with van der Waals surface area (Å²) in [6, 6.07) is 7.92. The van der Waals surface area contributed by atoms with Gasteiger partial charge in [-0.15, -0.1) is 11.6 Å². The van der Waals surface area contributed by atoms with E-state index in [4.69, 9.17) is 16.3 Å². The zero-order chi connectivity index (χ0) is 12.5. The molecule has 0 N–H and O–H groups in total. The van der Waals surface area contributed by atoms with Gasteiger partial charge in [-0.2, -0.15) is 0 Å². The molecule has 1 aromatic carbocycles. The first-order valence-corrected chi connectivity index (χ1v) is 6.08. The molecule has 1 aromatic rings. The van der Waals surface area contributed by atoms with Crippen LogP contribution in [0.5, 0.6) is 0 Å². The molecule has 0 radical (unpaired) electrons. The van der Waals surface area contributed by atoms with E-state index in [1.54, 1.807) is 6.92 Å². The zero-order valence-electron chi connectivity index (χ0n) is 10.00. The molecule has 1 aliphatic carbocycles. The summed E-state index contributed by atoms with van der Waals surface area (Å²) in [6.07, 6.45) is 2.24. The first kappa shape index (κ1) is 12.2. The Bertz CT molecular complexity index is 558. The minimum atomic E-state index is -0.587. The Morgan fingerprint density at radius 3 is 2.82 bits per heavy atom. The fourth-order valence-electron chi connectivity index (χ4n) is 2.16. The Balaban J connectivity index is 2.45. The average molecular weight is 251 g/mol. The number of halogens is 1. The minimum Gasteiger partial charge on any atom is -0.466 e. The van der Waals surface area contributed by atoms with Crippen LogP contribution in [0.3, 0.4) is 0 Å². The molecule has 90 valence electrons. The van der Waals surface area contributed by atoms with Crippen molar-refractivity contribution < 1.29 is 9.53 Å². The Kier molecular flexibility index (Phi) is 3.25. The molecule has 0 saturated heterocycles. The molecule has 17 heavy (non-hydrogen) atoms. The average Bonchev–Trinajstić information content (AvgIpc) is 2.51. The molecular formula is C14H15ClO2. The Morgan fingerprint density at radius 1 is 1.41 bits per heavy atom. The number of alkyl halides is 1. The van der Waals surface area contributed by atoms with Crippen molar-refractivity contribution in [2.75, 3.05) is 6.61 Å². The van der Waals surface area contributed by atoms with Crippen LogP contribution >= 0.6 is 11.6 Å². The van der Waals surface area contributed by atoms with Crippen molar-refractivity contribution in [2.45, 2.75) is 25.1 Å². The SMILES string of the molecule is CCOC(=O)CC1=c2ccccc2=CC1(C)Cl. The van der Waals surface area contributed by atoms with Crippen molar-refractivity contribution in [1.82, 2.24) is 0 Å². The minimum absolute atomic E-state index is 0.223. The largest absolute Gasteiger partial charge is 0.466 e. The van der Waals surface area contributed by atoms with Gasteiger partial charge in [-0.1, -0.05) is 30.3 Å². The number of ether oxygens (including phenoxy) is 1. The van der Waals surface area contributed by atoms with E-state index < -0.39 is 4.87 Å². The molecule has 1 atom stereocenters. The van der Waals surface area contributed by atoms with Gasteiger partial charge in [-0.3, -0.25) is 4.79 Å². The summed E-state index contributed by atoms with van der Waals surface area (Å²) in [4.78, 5) is 11.0. The molecule has 1 unspecified atom stereocenters. The number of rotatable bonds is 3. The fraction of sp³-hybridized carbons (Fsp3) is 0.357. The predicted molar refractivity (Wildman–Crippen MR) is 69.1 cm³/mol. The summed E-state index contributed by atoms with van der Waals surface area (Å²) in [5.41, 5.74) is 0.924. The second-order valence-corrected chi connectivity index (χ2v) is 5.05. The van der Waals surface area contributed by atoms with E-state index >= 15 is 0 Å². The summed E-state index contributed by atoms with van der Waals surface area (Å²) in [6.45, 7) is 4.11. The molecule has 0 aliphatic heterocycles. The molecule has 0 bridgehead atoms. The number of hydrogen-bond acceptors (Lipinski definition) is 2. The van der Waals surface area contributed by atoms with Crippen molar-refractivity contribution in [3.05, 3.63) is 34.7 Å². The van der Waals surface area contributed by atoms with E-state index in [1.165, 1.54) is 0 Å². The van der Waals surface area contributed by atoms with Gasteiger partial charge < -0.3 is 4.74 Å². The molecule has 0 amide bonds. The van der Waals surface area contributed by atoms with Gasteiger partial charge in [0.2, 0.25) is 0 Å². The third-order valence-corrected chi connectivity index (χ3v) is 3.27. The van der Waals surface area contributed by atoms with Crippen LogP contribution in [0.4, 0.5) is 0 Å². The number of hydrogen-bond donors (Lipinski definition) is 0. The van der Waals surface area contributed by atoms with E-state index in [0.29, 0.717) is 6.61 Å². The summed E-state index contributed by atoms with van der Waals surface area (Å²) >= 11 is 6.44. The molecule has 0 aromatic heterocycles. The number of esters is 1.